The number of nitro groups is 1. The van der Waals surface area contributed by atoms with Crippen LogP contribution >= 0.6 is 23.1 Å². The Kier molecular flexibility index (Phi) is 6.92. The van der Waals surface area contributed by atoms with Gasteiger partial charge in [-0.2, -0.15) is 0 Å². The van der Waals surface area contributed by atoms with E-state index < -0.39 is 40.7 Å². The fraction of sp³-hybridized carbons (Fsp3) is 0.105. The molecular weight excluding hydrogens is 452 g/mol. The van der Waals surface area contributed by atoms with Crippen LogP contribution < -0.4 is 5.32 Å². The smallest absolute Gasteiger partial charge is 0.338 e. The molecule has 0 unspecified atom stereocenters. The lowest BCUT2D eigenvalue weighted by Gasteiger charge is -2.08. The molecule has 0 spiro atoms. The number of anilines is 1. The van der Waals surface area contributed by atoms with Crippen LogP contribution in [-0.2, 0) is 9.53 Å². The van der Waals surface area contributed by atoms with Gasteiger partial charge in [0.2, 0.25) is 0 Å². The zero-order valence-corrected chi connectivity index (χ0v) is 17.4. The van der Waals surface area contributed by atoms with Crippen molar-refractivity contribution >= 4 is 46.3 Å². The Morgan fingerprint density at radius 2 is 2.03 bits per heavy atom. The highest BCUT2D eigenvalue weighted by molar-refractivity contribution is 8.01. The highest BCUT2D eigenvalue weighted by Crippen LogP contribution is 2.36. The Bertz CT molecular complexity index is 1170. The molecule has 2 aromatic carbocycles. The molecule has 0 atom stereocenters. The van der Waals surface area contributed by atoms with Gasteiger partial charge in [0.15, 0.2) is 10.9 Å². The van der Waals surface area contributed by atoms with E-state index in [1.165, 1.54) is 23.5 Å². The SMILES string of the molecule is Cc1csc(Sc2ccc(C(=O)OCC(=O)Nc3cc(F)ccc3F)cc2[N+](=O)[O-])n1. The maximum Gasteiger partial charge on any atom is 0.338 e. The number of nitrogens with one attached hydrogen (secondary N) is 1. The Hall–Kier alpha value is -3.38. The number of halogens is 2. The molecule has 0 aliphatic heterocycles. The van der Waals surface area contributed by atoms with Gasteiger partial charge in [-0.25, -0.2) is 18.6 Å². The zero-order chi connectivity index (χ0) is 22.5. The van der Waals surface area contributed by atoms with E-state index in [0.717, 1.165) is 41.7 Å². The summed E-state index contributed by atoms with van der Waals surface area (Å²) < 4.78 is 32.1. The van der Waals surface area contributed by atoms with Crippen molar-refractivity contribution in [1.29, 1.82) is 0 Å². The van der Waals surface area contributed by atoms with E-state index in [0.29, 0.717) is 4.34 Å². The van der Waals surface area contributed by atoms with Crippen LogP contribution in [-0.4, -0.2) is 28.4 Å². The maximum atomic E-state index is 13.6. The summed E-state index contributed by atoms with van der Waals surface area (Å²) >= 11 is 2.42. The Balaban J connectivity index is 1.67. The largest absolute Gasteiger partial charge is 0.452 e. The van der Waals surface area contributed by atoms with Crippen molar-refractivity contribution in [3.63, 3.8) is 0 Å². The van der Waals surface area contributed by atoms with Crippen molar-refractivity contribution in [2.75, 3.05) is 11.9 Å². The minimum absolute atomic E-state index is 0.142. The first kappa shape index (κ1) is 22.3. The van der Waals surface area contributed by atoms with Crippen LogP contribution in [0.1, 0.15) is 16.1 Å². The lowest BCUT2D eigenvalue weighted by atomic mass is 10.2. The highest BCUT2D eigenvalue weighted by atomic mass is 32.2. The number of esters is 1. The van der Waals surface area contributed by atoms with Gasteiger partial charge in [-0.15, -0.1) is 11.3 Å². The first-order valence-corrected chi connectivity index (χ1v) is 10.2. The Morgan fingerprint density at radius 1 is 1.26 bits per heavy atom. The third-order valence-electron chi connectivity index (χ3n) is 3.72. The monoisotopic (exact) mass is 465 g/mol. The van der Waals surface area contributed by atoms with Gasteiger partial charge in [0.25, 0.3) is 11.6 Å². The first-order chi connectivity index (χ1) is 14.7. The van der Waals surface area contributed by atoms with E-state index in [1.807, 2.05) is 0 Å². The number of nitrogens with zero attached hydrogens (tertiary/aromatic N) is 2. The van der Waals surface area contributed by atoms with Gasteiger partial charge in [-0.05, 0) is 31.2 Å². The first-order valence-electron chi connectivity index (χ1n) is 8.53. The number of aryl methyl sites for hydroxylation is 1. The van der Waals surface area contributed by atoms with E-state index in [1.54, 1.807) is 12.3 Å². The summed E-state index contributed by atoms with van der Waals surface area (Å²) in [5.74, 6) is -3.51. The Labute approximate surface area is 182 Å². The molecule has 1 heterocycles. The number of ether oxygens (including phenoxy) is 1. The number of thiazole rings is 1. The Morgan fingerprint density at radius 3 is 2.71 bits per heavy atom. The van der Waals surface area contributed by atoms with Crippen molar-refractivity contribution in [2.45, 2.75) is 16.2 Å². The van der Waals surface area contributed by atoms with Gasteiger partial charge in [-0.1, -0.05) is 11.8 Å². The number of carbonyl (C=O) groups excluding carboxylic acids is 2. The van der Waals surface area contributed by atoms with Crippen molar-refractivity contribution in [1.82, 2.24) is 4.98 Å². The van der Waals surface area contributed by atoms with Crippen molar-refractivity contribution in [3.05, 3.63) is 74.8 Å². The molecule has 0 radical (unpaired) electrons. The number of hydrogen-bond acceptors (Lipinski definition) is 8. The van der Waals surface area contributed by atoms with E-state index in [9.17, 15) is 28.5 Å². The second-order valence-corrected chi connectivity index (χ2v) is 8.19. The molecular formula is C19H13F2N3O5S2. The maximum absolute atomic E-state index is 13.6. The van der Waals surface area contributed by atoms with Crippen LogP contribution in [0, 0.1) is 28.7 Å². The number of nitro benzene ring substituents is 1. The third-order valence-corrected chi connectivity index (χ3v) is 5.84. The van der Waals surface area contributed by atoms with Crippen LogP contribution in [0.25, 0.3) is 0 Å². The molecule has 0 aliphatic carbocycles. The number of benzene rings is 2. The third kappa shape index (κ3) is 5.83. The second kappa shape index (κ2) is 9.62. The van der Waals surface area contributed by atoms with Gasteiger partial charge >= 0.3 is 5.97 Å². The standard InChI is InChI=1S/C19H13F2N3O5S2/c1-10-9-30-19(22-10)31-16-5-2-11(6-15(16)24(27)28)18(26)29-8-17(25)23-14-7-12(20)3-4-13(14)21/h2-7,9H,8H2,1H3,(H,23,25). The zero-order valence-electron chi connectivity index (χ0n) is 15.8. The van der Waals surface area contributed by atoms with Gasteiger partial charge in [0.05, 0.1) is 21.1 Å². The molecule has 1 amide bonds. The summed E-state index contributed by atoms with van der Waals surface area (Å²) in [7, 11) is 0. The lowest BCUT2D eigenvalue weighted by molar-refractivity contribution is -0.387. The molecule has 1 N–H and O–H groups in total. The molecule has 0 fully saturated rings. The quantitative estimate of drug-likeness (QED) is 0.309. The average Bonchev–Trinajstić information content (AvgIpc) is 3.13. The van der Waals surface area contributed by atoms with E-state index in [-0.39, 0.29) is 16.1 Å². The fourth-order valence-corrected chi connectivity index (χ4v) is 4.22. The van der Waals surface area contributed by atoms with Crippen LogP contribution in [0.4, 0.5) is 20.2 Å². The molecule has 3 aromatic rings. The normalized spacial score (nSPS) is 10.5. The van der Waals surface area contributed by atoms with Crippen molar-refractivity contribution in [3.8, 4) is 0 Å². The highest BCUT2D eigenvalue weighted by Gasteiger charge is 2.21. The number of rotatable bonds is 7. The summed E-state index contributed by atoms with van der Waals surface area (Å²) in [5, 5.41) is 15.3. The fourth-order valence-electron chi connectivity index (χ4n) is 2.34. The van der Waals surface area contributed by atoms with Gasteiger partial charge < -0.3 is 10.1 Å². The summed E-state index contributed by atoms with van der Waals surface area (Å²) in [6.45, 7) is 1.00. The molecule has 12 heteroatoms. The molecule has 0 saturated carbocycles. The molecule has 0 saturated heterocycles. The molecule has 160 valence electrons. The lowest BCUT2D eigenvalue weighted by Crippen LogP contribution is -2.21. The predicted molar refractivity (Wildman–Crippen MR) is 109 cm³/mol. The van der Waals surface area contributed by atoms with E-state index in [4.69, 9.17) is 4.74 Å². The number of aromatic nitrogens is 1. The van der Waals surface area contributed by atoms with E-state index >= 15 is 0 Å². The molecule has 8 nitrogen and oxygen atoms in total. The molecule has 1 aromatic heterocycles. The molecule has 0 aliphatic rings. The summed E-state index contributed by atoms with van der Waals surface area (Å²) in [4.78, 5) is 39.3. The van der Waals surface area contributed by atoms with E-state index in [2.05, 4.69) is 10.3 Å². The minimum Gasteiger partial charge on any atom is -0.452 e. The van der Waals surface area contributed by atoms with Crippen LogP contribution in [0.2, 0.25) is 0 Å². The molecule has 3 rings (SSSR count). The number of carbonyl (C=O) groups is 2. The summed E-state index contributed by atoms with van der Waals surface area (Å²) in [5.41, 5.74) is -0.0862. The number of amides is 1. The molecule has 0 bridgehead atoms. The number of hydrogen-bond donors (Lipinski definition) is 1. The van der Waals surface area contributed by atoms with Crippen LogP contribution in [0.15, 0.2) is 51.0 Å². The predicted octanol–water partition coefficient (Wildman–Crippen LogP) is 4.58. The topological polar surface area (TPSA) is 111 Å². The second-order valence-electron chi connectivity index (χ2n) is 6.04. The van der Waals surface area contributed by atoms with Gasteiger partial charge in [-0.3, -0.25) is 14.9 Å². The van der Waals surface area contributed by atoms with Gasteiger partial charge in [0, 0.05) is 23.2 Å². The van der Waals surface area contributed by atoms with Gasteiger partial charge in [0.1, 0.15) is 11.6 Å². The van der Waals surface area contributed by atoms with Crippen LogP contribution in [0.3, 0.4) is 0 Å². The summed E-state index contributed by atoms with van der Waals surface area (Å²) in [6.07, 6.45) is 0. The summed E-state index contributed by atoms with van der Waals surface area (Å²) in [6, 6.07) is 6.24. The van der Waals surface area contributed by atoms with Crippen molar-refractivity contribution in [2.24, 2.45) is 0 Å². The minimum atomic E-state index is -0.986. The molecule has 31 heavy (non-hydrogen) atoms. The average molecular weight is 465 g/mol. The van der Waals surface area contributed by atoms with Crippen molar-refractivity contribution < 1.29 is 28.0 Å². The van der Waals surface area contributed by atoms with Crippen LogP contribution in [0.5, 0.6) is 0 Å².